The zero-order valence-corrected chi connectivity index (χ0v) is 18.2. The summed E-state index contributed by atoms with van der Waals surface area (Å²) in [6.07, 6.45) is 3.78. The molecule has 1 aromatic carbocycles. The fourth-order valence-electron chi connectivity index (χ4n) is 3.06. The van der Waals surface area contributed by atoms with Crippen LogP contribution in [0.25, 0.3) is 0 Å². The largest absolute Gasteiger partial charge is 0.495 e. The first-order valence-electron chi connectivity index (χ1n) is 8.56. The van der Waals surface area contributed by atoms with Gasteiger partial charge >= 0.3 is 0 Å². The van der Waals surface area contributed by atoms with Gasteiger partial charge in [0, 0.05) is 37.1 Å². The summed E-state index contributed by atoms with van der Waals surface area (Å²) in [6.45, 7) is 0.583. The number of methoxy groups -OCH3 is 1. The van der Waals surface area contributed by atoms with Gasteiger partial charge in [0.05, 0.1) is 12.8 Å². The van der Waals surface area contributed by atoms with Gasteiger partial charge in [-0.25, -0.2) is 8.42 Å². The van der Waals surface area contributed by atoms with Crippen molar-refractivity contribution in [3.05, 3.63) is 42.7 Å². The summed E-state index contributed by atoms with van der Waals surface area (Å²) >= 11 is 0. The van der Waals surface area contributed by atoms with Crippen LogP contribution in [0, 0.1) is 5.92 Å². The molecular formula is C18H24Cl2N4O4S. The zero-order valence-electron chi connectivity index (χ0n) is 15.8. The molecule has 0 unspecified atom stereocenters. The van der Waals surface area contributed by atoms with Gasteiger partial charge in [-0.05, 0) is 43.2 Å². The minimum Gasteiger partial charge on any atom is -0.495 e. The van der Waals surface area contributed by atoms with Gasteiger partial charge in [-0.15, -0.1) is 24.8 Å². The molecule has 0 spiro atoms. The second-order valence-corrected chi connectivity index (χ2v) is 8.25. The Morgan fingerprint density at radius 2 is 1.93 bits per heavy atom. The van der Waals surface area contributed by atoms with Crippen molar-refractivity contribution in [2.75, 3.05) is 31.2 Å². The van der Waals surface area contributed by atoms with Gasteiger partial charge in [-0.3, -0.25) is 9.78 Å². The Morgan fingerprint density at radius 1 is 1.24 bits per heavy atom. The number of pyridine rings is 1. The highest BCUT2D eigenvalue weighted by molar-refractivity contribution is 7.89. The SMILES string of the molecule is COc1ccc(NC(=O)C2CCN(S(=O)(=O)c3cccnc3)CC2)cc1N.Cl.Cl. The van der Waals surface area contributed by atoms with Crippen LogP contribution in [0.5, 0.6) is 5.75 Å². The molecule has 1 aliphatic heterocycles. The van der Waals surface area contributed by atoms with Crippen LogP contribution in [-0.4, -0.2) is 43.8 Å². The van der Waals surface area contributed by atoms with E-state index in [0.29, 0.717) is 43.1 Å². The molecule has 3 rings (SSSR count). The lowest BCUT2D eigenvalue weighted by Crippen LogP contribution is -2.41. The van der Waals surface area contributed by atoms with Crippen molar-refractivity contribution < 1.29 is 17.9 Å². The molecule has 0 radical (unpaired) electrons. The number of halogens is 2. The quantitative estimate of drug-likeness (QED) is 0.659. The van der Waals surface area contributed by atoms with Gasteiger partial charge in [0.2, 0.25) is 15.9 Å². The maximum absolute atomic E-state index is 12.6. The van der Waals surface area contributed by atoms with E-state index in [-0.39, 0.29) is 41.5 Å². The molecule has 2 heterocycles. The number of hydrogen-bond donors (Lipinski definition) is 2. The number of aromatic nitrogens is 1. The maximum Gasteiger partial charge on any atom is 0.244 e. The molecule has 8 nitrogen and oxygen atoms in total. The maximum atomic E-state index is 12.6. The van der Waals surface area contributed by atoms with Gasteiger partial charge in [0.25, 0.3) is 0 Å². The minimum atomic E-state index is -3.57. The van der Waals surface area contributed by atoms with Crippen LogP contribution < -0.4 is 15.8 Å². The number of piperidine rings is 1. The summed E-state index contributed by atoms with van der Waals surface area (Å²) in [6, 6.07) is 8.16. The molecule has 1 amide bonds. The van der Waals surface area contributed by atoms with E-state index in [1.165, 1.54) is 29.9 Å². The smallest absolute Gasteiger partial charge is 0.244 e. The highest BCUT2D eigenvalue weighted by atomic mass is 35.5. The molecule has 1 saturated heterocycles. The molecule has 0 aliphatic carbocycles. The van der Waals surface area contributed by atoms with E-state index in [1.54, 1.807) is 24.3 Å². The summed E-state index contributed by atoms with van der Waals surface area (Å²) < 4.78 is 31.7. The van der Waals surface area contributed by atoms with Crippen molar-refractivity contribution in [1.82, 2.24) is 9.29 Å². The summed E-state index contributed by atoms with van der Waals surface area (Å²) in [7, 11) is -2.05. The van der Waals surface area contributed by atoms with Crippen LogP contribution in [0.1, 0.15) is 12.8 Å². The number of carbonyl (C=O) groups is 1. The van der Waals surface area contributed by atoms with E-state index >= 15 is 0 Å². The lowest BCUT2D eigenvalue weighted by atomic mass is 9.97. The van der Waals surface area contributed by atoms with Gasteiger partial charge in [0.1, 0.15) is 10.6 Å². The molecule has 0 saturated carbocycles. The van der Waals surface area contributed by atoms with Crippen LogP contribution in [0.15, 0.2) is 47.6 Å². The van der Waals surface area contributed by atoms with Gasteiger partial charge < -0.3 is 15.8 Å². The molecule has 11 heteroatoms. The van der Waals surface area contributed by atoms with Crippen LogP contribution in [0.4, 0.5) is 11.4 Å². The lowest BCUT2D eigenvalue weighted by Gasteiger charge is -2.30. The molecule has 1 aliphatic rings. The fraction of sp³-hybridized carbons (Fsp3) is 0.333. The molecule has 0 atom stereocenters. The molecule has 1 aromatic heterocycles. The number of sulfonamides is 1. The third-order valence-electron chi connectivity index (χ3n) is 4.59. The van der Waals surface area contributed by atoms with Crippen molar-refractivity contribution in [3.63, 3.8) is 0 Å². The molecule has 160 valence electrons. The number of carbonyl (C=O) groups excluding carboxylic acids is 1. The van der Waals surface area contributed by atoms with Crippen molar-refractivity contribution in [2.45, 2.75) is 17.7 Å². The van der Waals surface area contributed by atoms with Gasteiger partial charge in [-0.1, -0.05) is 0 Å². The number of nitrogens with two attached hydrogens (primary N) is 1. The molecule has 0 bridgehead atoms. The van der Waals surface area contributed by atoms with Crippen molar-refractivity contribution >= 4 is 52.1 Å². The first-order chi connectivity index (χ1) is 12.9. The normalized spacial score (nSPS) is 14.9. The second kappa shape index (κ2) is 10.6. The summed E-state index contributed by atoms with van der Waals surface area (Å²) in [5, 5.41) is 2.84. The van der Waals surface area contributed by atoms with Crippen molar-refractivity contribution in [2.24, 2.45) is 5.92 Å². The number of anilines is 2. The summed E-state index contributed by atoms with van der Waals surface area (Å²) in [5.41, 5.74) is 6.88. The monoisotopic (exact) mass is 462 g/mol. The average molecular weight is 463 g/mol. The first-order valence-corrected chi connectivity index (χ1v) is 10.0. The fourth-order valence-corrected chi connectivity index (χ4v) is 4.50. The number of hydrogen-bond acceptors (Lipinski definition) is 6. The highest BCUT2D eigenvalue weighted by Crippen LogP contribution is 2.27. The number of ether oxygens (including phenoxy) is 1. The van der Waals surface area contributed by atoms with Crippen LogP contribution in [-0.2, 0) is 14.8 Å². The number of benzene rings is 1. The number of rotatable bonds is 5. The van der Waals surface area contributed by atoms with Crippen LogP contribution >= 0.6 is 24.8 Å². The van der Waals surface area contributed by atoms with Crippen LogP contribution in [0.2, 0.25) is 0 Å². The Labute approximate surface area is 182 Å². The van der Waals surface area contributed by atoms with Gasteiger partial charge in [0.15, 0.2) is 0 Å². The molecule has 2 aromatic rings. The molecule has 1 fully saturated rings. The van der Waals surface area contributed by atoms with Crippen molar-refractivity contribution in [1.29, 1.82) is 0 Å². The zero-order chi connectivity index (χ0) is 19.4. The Kier molecular flexibility index (Phi) is 9.15. The number of amides is 1. The molecular weight excluding hydrogens is 439 g/mol. The first kappa shape index (κ1) is 25.0. The standard InChI is InChI=1S/C18H22N4O4S.2ClH/c1-26-17-5-4-14(11-16(17)19)21-18(23)13-6-9-22(10-7-13)27(24,25)15-3-2-8-20-12-15;;/h2-5,8,11-13H,6-7,9-10,19H2,1H3,(H,21,23);2*1H. The Bertz CT molecular complexity index is 921. The van der Waals surface area contributed by atoms with E-state index in [2.05, 4.69) is 10.3 Å². The van der Waals surface area contributed by atoms with E-state index < -0.39 is 10.0 Å². The summed E-state index contributed by atoms with van der Waals surface area (Å²) in [4.78, 5) is 16.5. The minimum absolute atomic E-state index is 0. The van der Waals surface area contributed by atoms with E-state index in [1.807, 2.05) is 0 Å². The lowest BCUT2D eigenvalue weighted by molar-refractivity contribution is -0.120. The van der Waals surface area contributed by atoms with Gasteiger partial charge in [-0.2, -0.15) is 4.31 Å². The third-order valence-corrected chi connectivity index (χ3v) is 6.48. The molecule has 29 heavy (non-hydrogen) atoms. The number of nitrogen functional groups attached to an aromatic ring is 1. The molecule has 3 N–H and O–H groups in total. The Balaban J connectivity index is 0.00000210. The van der Waals surface area contributed by atoms with E-state index in [0.717, 1.165) is 0 Å². The highest BCUT2D eigenvalue weighted by Gasteiger charge is 2.32. The Hall–Kier alpha value is -2.07. The van der Waals surface area contributed by atoms with E-state index in [4.69, 9.17) is 10.5 Å². The Morgan fingerprint density at radius 3 is 2.48 bits per heavy atom. The topological polar surface area (TPSA) is 115 Å². The predicted molar refractivity (Wildman–Crippen MR) is 116 cm³/mol. The number of nitrogens with zero attached hydrogens (tertiary/aromatic N) is 2. The van der Waals surface area contributed by atoms with Crippen molar-refractivity contribution in [3.8, 4) is 5.75 Å². The number of nitrogens with one attached hydrogen (secondary N) is 1. The van der Waals surface area contributed by atoms with E-state index in [9.17, 15) is 13.2 Å². The third kappa shape index (κ3) is 5.72. The summed E-state index contributed by atoms with van der Waals surface area (Å²) in [5.74, 6) is 0.147. The average Bonchev–Trinajstić information content (AvgIpc) is 2.69. The van der Waals surface area contributed by atoms with Crippen LogP contribution in [0.3, 0.4) is 0 Å². The second-order valence-electron chi connectivity index (χ2n) is 6.31. The predicted octanol–water partition coefficient (Wildman–Crippen LogP) is 2.56.